The molecule has 0 aromatic carbocycles. The largest absolute Gasteiger partial charge is 0.469 e. The summed E-state index contributed by atoms with van der Waals surface area (Å²) in [5.74, 6) is 1.04. The van der Waals surface area contributed by atoms with Crippen LogP contribution in [0.2, 0.25) is 0 Å². The lowest BCUT2D eigenvalue weighted by Gasteiger charge is -2.18. The van der Waals surface area contributed by atoms with Gasteiger partial charge in [-0.1, -0.05) is 0 Å². The highest BCUT2D eigenvalue weighted by atomic mass is 16.6. The van der Waals surface area contributed by atoms with E-state index in [1.807, 2.05) is 32.9 Å². The highest BCUT2D eigenvalue weighted by molar-refractivity contribution is 5.67. The molecule has 0 atom stereocenters. The van der Waals surface area contributed by atoms with Gasteiger partial charge < -0.3 is 19.2 Å². The molecule has 0 saturated carbocycles. The van der Waals surface area contributed by atoms with Gasteiger partial charge in [-0.25, -0.2) is 4.79 Å². The number of hydrogen-bond acceptors (Lipinski definition) is 4. The molecule has 5 nitrogen and oxygen atoms in total. The fraction of sp³-hybridized carbons (Fsp3) is 0.643. The van der Waals surface area contributed by atoms with Gasteiger partial charge in [-0.05, 0) is 39.3 Å². The second kappa shape index (κ2) is 9.44. The monoisotopic (exact) mass is 271 g/mol. The van der Waals surface area contributed by atoms with Crippen LogP contribution in [-0.2, 0) is 15.9 Å². The molecule has 0 radical (unpaired) electrons. The molecule has 1 heterocycles. The fourth-order valence-electron chi connectivity index (χ4n) is 1.17. The molecular weight excluding hydrogens is 246 g/mol. The number of ether oxygens (including phenoxy) is 2. The fourth-order valence-corrected chi connectivity index (χ4v) is 1.17. The first-order valence-corrected chi connectivity index (χ1v) is 6.31. The van der Waals surface area contributed by atoms with E-state index in [9.17, 15) is 4.79 Å². The number of furan rings is 1. The number of hydrogen-bond donors (Lipinski definition) is 1. The van der Waals surface area contributed by atoms with Crippen LogP contribution in [0, 0.1) is 0 Å². The summed E-state index contributed by atoms with van der Waals surface area (Å²) in [4.78, 5) is 10.5. The summed E-state index contributed by atoms with van der Waals surface area (Å²) in [6.45, 7) is 6.27. The number of aryl methyl sites for hydroxylation is 1. The first-order chi connectivity index (χ1) is 8.89. The average Bonchev–Trinajstić information content (AvgIpc) is 2.81. The third-order valence-corrected chi connectivity index (χ3v) is 1.95. The molecule has 19 heavy (non-hydrogen) atoms. The van der Waals surface area contributed by atoms with Crippen molar-refractivity contribution in [2.45, 2.75) is 39.2 Å². The molecule has 0 aliphatic rings. The molecule has 0 saturated heterocycles. The van der Waals surface area contributed by atoms with Gasteiger partial charge in [0.25, 0.3) is 0 Å². The molecule has 0 spiro atoms. The maximum atomic E-state index is 10.5. The third kappa shape index (κ3) is 11.3. The Balaban J connectivity index is 0.000000344. The van der Waals surface area contributed by atoms with Crippen molar-refractivity contribution in [1.29, 1.82) is 0 Å². The standard InChI is InChI=1S/C8H12O2.C6H13NO2/c1-9-6-2-4-8-5-3-7-10-8;1-6(2,3)9-5(8)7-4/h3,5,7H,2,4,6H2,1H3;1-4H3,(H,7,8). The lowest BCUT2D eigenvalue weighted by Crippen LogP contribution is -2.30. The van der Waals surface area contributed by atoms with Gasteiger partial charge in [0.15, 0.2) is 0 Å². The van der Waals surface area contributed by atoms with Gasteiger partial charge >= 0.3 is 6.09 Å². The number of carbonyl (C=O) groups excluding carboxylic acids is 1. The number of rotatable bonds is 4. The van der Waals surface area contributed by atoms with E-state index in [1.165, 1.54) is 7.05 Å². The Hall–Kier alpha value is -1.49. The summed E-state index contributed by atoms with van der Waals surface area (Å²) in [7, 11) is 3.25. The molecule has 0 unspecified atom stereocenters. The number of carbonyl (C=O) groups is 1. The number of alkyl carbamates (subject to hydrolysis) is 1. The molecular formula is C14H25NO4. The minimum atomic E-state index is -0.389. The molecule has 0 aliphatic heterocycles. The van der Waals surface area contributed by atoms with Crippen molar-refractivity contribution in [3.63, 3.8) is 0 Å². The van der Waals surface area contributed by atoms with Crippen LogP contribution >= 0.6 is 0 Å². The maximum absolute atomic E-state index is 10.5. The summed E-state index contributed by atoms with van der Waals surface area (Å²) < 4.78 is 14.9. The summed E-state index contributed by atoms with van der Waals surface area (Å²) >= 11 is 0. The Morgan fingerprint density at radius 3 is 2.47 bits per heavy atom. The van der Waals surface area contributed by atoms with Gasteiger partial charge in [0.05, 0.1) is 6.26 Å². The molecule has 0 bridgehead atoms. The molecule has 1 aromatic heterocycles. The van der Waals surface area contributed by atoms with E-state index in [-0.39, 0.29) is 11.7 Å². The minimum absolute atomic E-state index is 0.387. The predicted molar refractivity (Wildman–Crippen MR) is 74.2 cm³/mol. The van der Waals surface area contributed by atoms with Crippen LogP contribution in [0.3, 0.4) is 0 Å². The zero-order valence-corrected chi connectivity index (χ0v) is 12.5. The number of amides is 1. The molecule has 1 rings (SSSR count). The molecule has 5 heteroatoms. The zero-order chi connectivity index (χ0) is 14.7. The topological polar surface area (TPSA) is 60.7 Å². The van der Waals surface area contributed by atoms with Crippen molar-refractivity contribution in [3.05, 3.63) is 24.2 Å². The van der Waals surface area contributed by atoms with E-state index < -0.39 is 0 Å². The first-order valence-electron chi connectivity index (χ1n) is 6.31. The Labute approximate surface area is 115 Å². The zero-order valence-electron chi connectivity index (χ0n) is 12.5. The smallest absolute Gasteiger partial charge is 0.407 e. The van der Waals surface area contributed by atoms with Gasteiger partial charge in [0.2, 0.25) is 0 Å². The highest BCUT2D eigenvalue weighted by Crippen LogP contribution is 2.05. The summed E-state index contributed by atoms with van der Waals surface area (Å²) in [6.07, 6.45) is 3.31. The molecule has 1 aromatic rings. The normalized spacial score (nSPS) is 10.4. The van der Waals surface area contributed by atoms with Crippen LogP contribution in [0.1, 0.15) is 33.0 Å². The van der Waals surface area contributed by atoms with Crippen molar-refractivity contribution in [3.8, 4) is 0 Å². The summed E-state index contributed by atoms with van der Waals surface area (Å²) in [6, 6.07) is 3.89. The second-order valence-corrected chi connectivity index (χ2v) is 4.93. The first kappa shape index (κ1) is 17.5. The van der Waals surface area contributed by atoms with Crippen molar-refractivity contribution in [2.75, 3.05) is 20.8 Å². The number of methoxy groups -OCH3 is 1. The lowest BCUT2D eigenvalue weighted by molar-refractivity contribution is 0.0541. The van der Waals surface area contributed by atoms with E-state index in [4.69, 9.17) is 13.9 Å². The Morgan fingerprint density at radius 2 is 2.11 bits per heavy atom. The third-order valence-electron chi connectivity index (χ3n) is 1.95. The quantitative estimate of drug-likeness (QED) is 0.855. The van der Waals surface area contributed by atoms with Crippen LogP contribution in [0.4, 0.5) is 4.79 Å². The van der Waals surface area contributed by atoms with Gasteiger partial charge in [-0.2, -0.15) is 0 Å². The Kier molecular flexibility index (Phi) is 8.70. The van der Waals surface area contributed by atoms with Crippen molar-refractivity contribution >= 4 is 6.09 Å². The Bertz CT molecular complexity index is 328. The molecule has 1 amide bonds. The van der Waals surface area contributed by atoms with Gasteiger partial charge in [0.1, 0.15) is 11.4 Å². The van der Waals surface area contributed by atoms with Crippen molar-refractivity contribution in [2.24, 2.45) is 0 Å². The summed E-state index contributed by atoms with van der Waals surface area (Å²) in [5.41, 5.74) is -0.389. The summed E-state index contributed by atoms with van der Waals surface area (Å²) in [5, 5.41) is 2.36. The SMILES string of the molecule is CNC(=O)OC(C)(C)C.COCCCc1ccco1. The lowest BCUT2D eigenvalue weighted by atomic mass is 10.2. The minimum Gasteiger partial charge on any atom is -0.469 e. The van der Waals surface area contributed by atoms with E-state index in [0.717, 1.165) is 25.2 Å². The van der Waals surface area contributed by atoms with Crippen LogP contribution in [0.5, 0.6) is 0 Å². The van der Waals surface area contributed by atoms with Crippen LogP contribution in [0.25, 0.3) is 0 Å². The van der Waals surface area contributed by atoms with Crippen molar-refractivity contribution in [1.82, 2.24) is 5.32 Å². The molecule has 110 valence electrons. The van der Waals surface area contributed by atoms with Crippen molar-refractivity contribution < 1.29 is 18.7 Å². The molecule has 0 fully saturated rings. The Morgan fingerprint density at radius 1 is 1.42 bits per heavy atom. The highest BCUT2D eigenvalue weighted by Gasteiger charge is 2.13. The van der Waals surface area contributed by atoms with Crippen LogP contribution in [0.15, 0.2) is 22.8 Å². The predicted octanol–water partition coefficient (Wildman–Crippen LogP) is 3.00. The van der Waals surface area contributed by atoms with E-state index in [0.29, 0.717) is 0 Å². The van der Waals surface area contributed by atoms with E-state index in [1.54, 1.807) is 13.4 Å². The van der Waals surface area contributed by atoms with Crippen LogP contribution < -0.4 is 5.32 Å². The number of nitrogens with one attached hydrogen (secondary N) is 1. The average molecular weight is 271 g/mol. The second-order valence-electron chi connectivity index (χ2n) is 4.93. The maximum Gasteiger partial charge on any atom is 0.407 e. The van der Waals surface area contributed by atoms with E-state index in [2.05, 4.69) is 5.32 Å². The molecule has 1 N–H and O–H groups in total. The van der Waals surface area contributed by atoms with Crippen LogP contribution in [-0.4, -0.2) is 32.5 Å². The molecule has 0 aliphatic carbocycles. The van der Waals surface area contributed by atoms with Gasteiger partial charge in [-0.15, -0.1) is 0 Å². The van der Waals surface area contributed by atoms with Gasteiger partial charge in [-0.3, -0.25) is 0 Å². The van der Waals surface area contributed by atoms with Gasteiger partial charge in [0, 0.05) is 27.2 Å². The van der Waals surface area contributed by atoms with E-state index >= 15 is 0 Å².